The lowest BCUT2D eigenvalue weighted by molar-refractivity contribution is 0.0709. The maximum Gasteiger partial charge on any atom is 0.284 e. The molecular weight excluding hydrogens is 352 g/mol. The SMILES string of the molecule is O=C(NO)c1cc2c(s1)CN(C(=O)c1cnn(-c3ccccc3)c1)CC2. The monoisotopic (exact) mass is 368 g/mol. The first-order valence-corrected chi connectivity index (χ1v) is 8.93. The van der Waals surface area contributed by atoms with Gasteiger partial charge in [0.15, 0.2) is 0 Å². The Morgan fingerprint density at radius 3 is 2.81 bits per heavy atom. The lowest BCUT2D eigenvalue weighted by Gasteiger charge is -2.26. The van der Waals surface area contributed by atoms with Gasteiger partial charge in [0.2, 0.25) is 0 Å². The van der Waals surface area contributed by atoms with E-state index in [4.69, 9.17) is 5.21 Å². The summed E-state index contributed by atoms with van der Waals surface area (Å²) < 4.78 is 1.68. The highest BCUT2D eigenvalue weighted by Gasteiger charge is 2.25. The second kappa shape index (κ2) is 6.74. The third kappa shape index (κ3) is 3.00. The first-order chi connectivity index (χ1) is 12.7. The predicted molar refractivity (Wildman–Crippen MR) is 95.6 cm³/mol. The van der Waals surface area contributed by atoms with Gasteiger partial charge in [-0.05, 0) is 30.2 Å². The Balaban J connectivity index is 1.52. The number of fused-ring (bicyclic) bond motifs is 1. The van der Waals surface area contributed by atoms with Crippen LogP contribution in [0.15, 0.2) is 48.8 Å². The predicted octanol–water partition coefficient (Wildman–Crippen LogP) is 2.25. The van der Waals surface area contributed by atoms with Crippen LogP contribution in [-0.2, 0) is 13.0 Å². The molecule has 2 amide bonds. The molecule has 1 aliphatic heterocycles. The summed E-state index contributed by atoms with van der Waals surface area (Å²) in [5, 5.41) is 13.0. The molecule has 4 rings (SSSR count). The van der Waals surface area contributed by atoms with E-state index in [1.165, 1.54) is 11.3 Å². The topological polar surface area (TPSA) is 87.5 Å². The molecule has 1 aliphatic rings. The minimum absolute atomic E-state index is 0.0839. The van der Waals surface area contributed by atoms with E-state index < -0.39 is 5.91 Å². The van der Waals surface area contributed by atoms with Crippen LogP contribution in [0.5, 0.6) is 0 Å². The number of nitrogens with one attached hydrogen (secondary N) is 1. The van der Waals surface area contributed by atoms with Gasteiger partial charge in [0.1, 0.15) is 0 Å². The van der Waals surface area contributed by atoms with Crippen LogP contribution in [0.4, 0.5) is 0 Å². The molecule has 26 heavy (non-hydrogen) atoms. The summed E-state index contributed by atoms with van der Waals surface area (Å²) in [7, 11) is 0. The maximum absolute atomic E-state index is 12.8. The molecule has 2 aromatic heterocycles. The quantitative estimate of drug-likeness (QED) is 0.548. The van der Waals surface area contributed by atoms with E-state index in [1.807, 2.05) is 30.3 Å². The highest BCUT2D eigenvalue weighted by atomic mass is 32.1. The van der Waals surface area contributed by atoms with Crippen molar-refractivity contribution in [3.05, 3.63) is 69.7 Å². The molecule has 0 aliphatic carbocycles. The molecule has 8 heteroatoms. The van der Waals surface area contributed by atoms with E-state index in [0.29, 0.717) is 30.0 Å². The van der Waals surface area contributed by atoms with E-state index in [9.17, 15) is 9.59 Å². The van der Waals surface area contributed by atoms with E-state index in [1.54, 1.807) is 33.5 Å². The van der Waals surface area contributed by atoms with Gasteiger partial charge in [-0.2, -0.15) is 5.10 Å². The smallest absolute Gasteiger partial charge is 0.284 e. The fourth-order valence-corrected chi connectivity index (χ4v) is 4.12. The van der Waals surface area contributed by atoms with Gasteiger partial charge >= 0.3 is 0 Å². The van der Waals surface area contributed by atoms with Gasteiger partial charge in [0.25, 0.3) is 11.8 Å². The molecule has 7 nitrogen and oxygen atoms in total. The normalized spacial score (nSPS) is 13.3. The highest BCUT2D eigenvalue weighted by Crippen LogP contribution is 2.29. The molecule has 0 radical (unpaired) electrons. The van der Waals surface area contributed by atoms with Crippen molar-refractivity contribution in [1.82, 2.24) is 20.2 Å². The molecule has 1 aromatic carbocycles. The third-order valence-corrected chi connectivity index (χ3v) is 5.51. The number of amides is 2. The van der Waals surface area contributed by atoms with Crippen LogP contribution in [0, 0.1) is 0 Å². The summed E-state index contributed by atoms with van der Waals surface area (Å²) in [5.74, 6) is -0.606. The number of nitrogens with zero attached hydrogens (tertiary/aromatic N) is 3. The van der Waals surface area contributed by atoms with Gasteiger partial charge in [0.05, 0.1) is 28.9 Å². The third-order valence-electron chi connectivity index (χ3n) is 4.34. The molecule has 132 valence electrons. The summed E-state index contributed by atoms with van der Waals surface area (Å²) in [6.45, 7) is 1.04. The lowest BCUT2D eigenvalue weighted by Crippen LogP contribution is -2.35. The van der Waals surface area contributed by atoms with Crippen molar-refractivity contribution in [3.63, 3.8) is 0 Å². The summed E-state index contributed by atoms with van der Waals surface area (Å²) in [6.07, 6.45) is 3.99. The number of carbonyl (C=O) groups excluding carboxylic acids is 2. The number of carbonyl (C=O) groups is 2. The Morgan fingerprint density at radius 1 is 1.23 bits per heavy atom. The van der Waals surface area contributed by atoms with Crippen LogP contribution >= 0.6 is 11.3 Å². The molecule has 3 heterocycles. The highest BCUT2D eigenvalue weighted by molar-refractivity contribution is 7.14. The van der Waals surface area contributed by atoms with Crippen LogP contribution in [0.3, 0.4) is 0 Å². The molecule has 0 fully saturated rings. The molecule has 0 saturated carbocycles. The average molecular weight is 368 g/mol. The minimum atomic E-state index is -0.522. The van der Waals surface area contributed by atoms with Gasteiger partial charge in [-0.15, -0.1) is 11.3 Å². The number of hydrogen-bond acceptors (Lipinski definition) is 5. The first-order valence-electron chi connectivity index (χ1n) is 8.11. The van der Waals surface area contributed by atoms with E-state index in [2.05, 4.69) is 5.10 Å². The number of para-hydroxylation sites is 1. The number of aromatic nitrogens is 2. The average Bonchev–Trinajstić information content (AvgIpc) is 3.34. The van der Waals surface area contributed by atoms with Crippen molar-refractivity contribution in [2.75, 3.05) is 6.54 Å². The zero-order chi connectivity index (χ0) is 18.1. The fourth-order valence-electron chi connectivity index (χ4n) is 3.00. The number of benzene rings is 1. The molecule has 0 bridgehead atoms. The first kappa shape index (κ1) is 16.5. The van der Waals surface area contributed by atoms with Gasteiger partial charge in [-0.1, -0.05) is 18.2 Å². The standard InChI is InChI=1S/C18H16N4O3S/c23-17(20-25)15-8-12-6-7-21(11-16(12)26-15)18(24)13-9-19-22(10-13)14-4-2-1-3-5-14/h1-5,8-10,25H,6-7,11H2,(H,20,23). The summed E-state index contributed by atoms with van der Waals surface area (Å²) in [4.78, 5) is 27.5. The van der Waals surface area contributed by atoms with E-state index >= 15 is 0 Å². The maximum atomic E-state index is 12.8. The number of rotatable bonds is 3. The van der Waals surface area contributed by atoms with Gasteiger partial charge in [0, 0.05) is 17.6 Å². The molecule has 0 spiro atoms. The van der Waals surface area contributed by atoms with Gasteiger partial charge in [-0.3, -0.25) is 14.8 Å². The van der Waals surface area contributed by atoms with Crippen molar-refractivity contribution in [3.8, 4) is 5.69 Å². The summed E-state index contributed by atoms with van der Waals surface area (Å²) in [6, 6.07) is 11.4. The van der Waals surface area contributed by atoms with Crippen molar-refractivity contribution < 1.29 is 14.8 Å². The molecule has 0 unspecified atom stereocenters. The van der Waals surface area contributed by atoms with Crippen LogP contribution in [0.25, 0.3) is 5.69 Å². The fraction of sp³-hybridized carbons (Fsp3) is 0.167. The van der Waals surface area contributed by atoms with Crippen molar-refractivity contribution in [2.24, 2.45) is 0 Å². The Bertz CT molecular complexity index is 964. The Morgan fingerprint density at radius 2 is 2.04 bits per heavy atom. The molecular formula is C18H16N4O3S. The lowest BCUT2D eigenvalue weighted by atomic mass is 10.1. The summed E-state index contributed by atoms with van der Waals surface area (Å²) in [5.41, 5.74) is 4.13. The molecule has 3 aromatic rings. The van der Waals surface area contributed by atoms with E-state index in [-0.39, 0.29) is 5.91 Å². The zero-order valence-electron chi connectivity index (χ0n) is 13.8. The Labute approximate surface area is 153 Å². The van der Waals surface area contributed by atoms with Crippen LogP contribution in [0.1, 0.15) is 30.5 Å². The van der Waals surface area contributed by atoms with Crippen LogP contribution in [0.2, 0.25) is 0 Å². The molecule has 0 atom stereocenters. The van der Waals surface area contributed by atoms with Crippen LogP contribution < -0.4 is 5.48 Å². The molecule has 2 N–H and O–H groups in total. The Kier molecular flexibility index (Phi) is 4.27. The van der Waals surface area contributed by atoms with Crippen molar-refractivity contribution in [1.29, 1.82) is 0 Å². The second-order valence-electron chi connectivity index (χ2n) is 5.99. The minimum Gasteiger partial charge on any atom is -0.333 e. The van der Waals surface area contributed by atoms with E-state index in [0.717, 1.165) is 16.1 Å². The second-order valence-corrected chi connectivity index (χ2v) is 7.12. The van der Waals surface area contributed by atoms with Gasteiger partial charge in [-0.25, -0.2) is 10.2 Å². The largest absolute Gasteiger partial charge is 0.333 e. The van der Waals surface area contributed by atoms with Crippen LogP contribution in [-0.4, -0.2) is 38.2 Å². The number of hydrogen-bond donors (Lipinski definition) is 2. The Hall–Kier alpha value is -2.97. The van der Waals surface area contributed by atoms with Crippen molar-refractivity contribution in [2.45, 2.75) is 13.0 Å². The van der Waals surface area contributed by atoms with Gasteiger partial charge < -0.3 is 4.90 Å². The molecule has 0 saturated heterocycles. The summed E-state index contributed by atoms with van der Waals surface area (Å²) >= 11 is 1.30. The number of thiophene rings is 1. The number of hydroxylamine groups is 1. The zero-order valence-corrected chi connectivity index (χ0v) is 14.6. The van der Waals surface area contributed by atoms with Crippen molar-refractivity contribution >= 4 is 23.2 Å².